The van der Waals surface area contributed by atoms with Gasteiger partial charge in [-0.1, -0.05) is 48.5 Å². The minimum Gasteiger partial charge on any atom is -0.481 e. The molecule has 8 nitrogen and oxygen atoms in total. The summed E-state index contributed by atoms with van der Waals surface area (Å²) < 4.78 is 11.0. The van der Waals surface area contributed by atoms with Gasteiger partial charge in [0.1, 0.15) is 12.6 Å². The molecule has 0 aromatic heterocycles. The summed E-state index contributed by atoms with van der Waals surface area (Å²) in [7, 11) is 0. The van der Waals surface area contributed by atoms with Crippen LogP contribution in [0, 0.1) is 0 Å². The molecule has 0 spiro atoms. The third-order valence-electron chi connectivity index (χ3n) is 6.63. The van der Waals surface area contributed by atoms with Gasteiger partial charge in [0.25, 0.3) is 0 Å². The monoisotopic (exact) mass is 452 g/mol. The molecule has 3 atom stereocenters. The van der Waals surface area contributed by atoms with Crippen LogP contribution in [-0.4, -0.2) is 54.0 Å². The predicted molar refractivity (Wildman–Crippen MR) is 121 cm³/mol. The van der Waals surface area contributed by atoms with E-state index in [1.807, 2.05) is 62.4 Å². The van der Waals surface area contributed by atoms with Crippen LogP contribution in [0.4, 0.5) is 4.79 Å². The van der Waals surface area contributed by atoms with Crippen molar-refractivity contribution in [2.45, 2.75) is 50.3 Å². The molecule has 2 amide bonds. The molecule has 2 aromatic rings. The zero-order chi connectivity index (χ0) is 23.6. The summed E-state index contributed by atoms with van der Waals surface area (Å²) in [6.07, 6.45) is -1.01. The van der Waals surface area contributed by atoms with Gasteiger partial charge in [0.2, 0.25) is 5.91 Å². The molecule has 1 aliphatic heterocycles. The maximum atomic E-state index is 12.8. The van der Waals surface area contributed by atoms with Crippen molar-refractivity contribution in [2.24, 2.45) is 0 Å². The lowest BCUT2D eigenvalue weighted by atomic mass is 9.94. The average molecular weight is 453 g/mol. The number of hydrogen-bond acceptors (Lipinski definition) is 5. The van der Waals surface area contributed by atoms with E-state index in [1.54, 1.807) is 0 Å². The number of benzene rings is 2. The van der Waals surface area contributed by atoms with E-state index in [1.165, 1.54) is 0 Å². The van der Waals surface area contributed by atoms with Crippen molar-refractivity contribution in [3.63, 3.8) is 0 Å². The van der Waals surface area contributed by atoms with Crippen LogP contribution in [0.3, 0.4) is 0 Å². The summed E-state index contributed by atoms with van der Waals surface area (Å²) in [6.45, 7) is 4.26. The van der Waals surface area contributed by atoms with Gasteiger partial charge in [0, 0.05) is 12.5 Å². The quantitative estimate of drug-likeness (QED) is 0.595. The van der Waals surface area contributed by atoms with Gasteiger partial charge in [-0.25, -0.2) is 4.79 Å². The smallest absolute Gasteiger partial charge is 0.407 e. The van der Waals surface area contributed by atoms with E-state index in [0.29, 0.717) is 13.0 Å². The highest BCUT2D eigenvalue weighted by Crippen LogP contribution is 2.44. The van der Waals surface area contributed by atoms with Crippen LogP contribution in [0.15, 0.2) is 48.5 Å². The lowest BCUT2D eigenvalue weighted by Gasteiger charge is -2.30. The first kappa shape index (κ1) is 22.8. The topological polar surface area (TPSA) is 114 Å². The van der Waals surface area contributed by atoms with Crippen molar-refractivity contribution in [3.8, 4) is 11.1 Å². The second kappa shape index (κ2) is 9.23. The highest BCUT2D eigenvalue weighted by Gasteiger charge is 2.40. The molecule has 8 heteroatoms. The van der Waals surface area contributed by atoms with Gasteiger partial charge in [-0.05, 0) is 42.5 Å². The zero-order valence-electron chi connectivity index (χ0n) is 18.7. The first-order valence-corrected chi connectivity index (χ1v) is 11.1. The first-order valence-electron chi connectivity index (χ1n) is 11.1. The molecule has 1 saturated heterocycles. The van der Waals surface area contributed by atoms with Crippen LogP contribution in [0.2, 0.25) is 0 Å². The Labute approximate surface area is 192 Å². The lowest BCUT2D eigenvalue weighted by Crippen LogP contribution is -2.57. The number of carbonyl (C=O) groups excluding carboxylic acids is 2. The van der Waals surface area contributed by atoms with Crippen LogP contribution >= 0.6 is 0 Å². The molecule has 0 saturated carbocycles. The van der Waals surface area contributed by atoms with Gasteiger partial charge >= 0.3 is 12.1 Å². The third-order valence-corrected chi connectivity index (χ3v) is 6.63. The fourth-order valence-corrected chi connectivity index (χ4v) is 4.53. The fraction of sp³-hybridized carbons (Fsp3) is 0.400. The van der Waals surface area contributed by atoms with Crippen molar-refractivity contribution in [2.75, 3.05) is 13.2 Å². The first-order chi connectivity index (χ1) is 15.8. The molecule has 2 aliphatic rings. The maximum Gasteiger partial charge on any atom is 0.407 e. The standard InChI is InChI=1S/C25H28N2O6/c1-15-25(2,11-12-32-15)27-23(30)21(13-22(28)29)26-24(31)33-14-20-18-9-5-3-7-16(18)17-8-4-6-10-19(17)20/h3-10,15,20-21H,11-14H2,1-2H3,(H,26,31)(H,27,30)(H,28,29). The molecule has 2 aromatic carbocycles. The number of alkyl carbamates (subject to hydrolysis) is 1. The summed E-state index contributed by atoms with van der Waals surface area (Å²) in [5.41, 5.74) is 3.71. The van der Waals surface area contributed by atoms with Crippen molar-refractivity contribution in [1.29, 1.82) is 0 Å². The van der Waals surface area contributed by atoms with Crippen molar-refractivity contribution in [1.82, 2.24) is 10.6 Å². The van der Waals surface area contributed by atoms with Gasteiger partial charge in [-0.15, -0.1) is 0 Å². The number of hydrogen-bond donors (Lipinski definition) is 3. The maximum absolute atomic E-state index is 12.8. The molecule has 0 radical (unpaired) electrons. The third kappa shape index (κ3) is 4.71. The molecule has 4 rings (SSSR count). The fourth-order valence-electron chi connectivity index (χ4n) is 4.53. The molecule has 1 heterocycles. The van der Waals surface area contributed by atoms with E-state index in [4.69, 9.17) is 9.47 Å². The van der Waals surface area contributed by atoms with Crippen LogP contribution in [0.1, 0.15) is 43.7 Å². The SMILES string of the molecule is CC1OCCC1(C)NC(=O)C(CC(=O)O)NC(=O)OCC1c2ccccc2-c2ccccc21. The van der Waals surface area contributed by atoms with E-state index < -0.39 is 36.0 Å². The van der Waals surface area contributed by atoms with E-state index in [0.717, 1.165) is 22.3 Å². The van der Waals surface area contributed by atoms with Crippen molar-refractivity contribution in [3.05, 3.63) is 59.7 Å². The van der Waals surface area contributed by atoms with Gasteiger partial charge in [0.05, 0.1) is 18.1 Å². The number of carboxylic acids is 1. The Balaban J connectivity index is 1.42. The number of fused-ring (bicyclic) bond motifs is 3. The van der Waals surface area contributed by atoms with Gasteiger partial charge in [-0.2, -0.15) is 0 Å². The predicted octanol–water partition coefficient (Wildman–Crippen LogP) is 3.05. The second-order valence-electron chi connectivity index (χ2n) is 8.79. The van der Waals surface area contributed by atoms with Crippen molar-refractivity contribution >= 4 is 18.0 Å². The van der Waals surface area contributed by atoms with E-state index >= 15 is 0 Å². The van der Waals surface area contributed by atoms with Gasteiger partial charge < -0.3 is 25.2 Å². The average Bonchev–Trinajstić information content (AvgIpc) is 3.28. The normalized spacial score (nSPS) is 22.2. The summed E-state index contributed by atoms with van der Waals surface area (Å²) in [5.74, 6) is -1.91. The summed E-state index contributed by atoms with van der Waals surface area (Å²) in [6, 6.07) is 14.7. The molecular formula is C25H28N2O6. The molecular weight excluding hydrogens is 424 g/mol. The van der Waals surface area contributed by atoms with Crippen LogP contribution in [0.25, 0.3) is 11.1 Å². The molecule has 0 bridgehead atoms. The Morgan fingerprint density at radius 1 is 1.12 bits per heavy atom. The highest BCUT2D eigenvalue weighted by atomic mass is 16.5. The molecule has 174 valence electrons. The van der Waals surface area contributed by atoms with E-state index in [2.05, 4.69) is 10.6 Å². The van der Waals surface area contributed by atoms with Crippen molar-refractivity contribution < 1.29 is 29.0 Å². The number of carbonyl (C=O) groups is 3. The lowest BCUT2D eigenvalue weighted by molar-refractivity contribution is -0.140. The Morgan fingerprint density at radius 2 is 1.73 bits per heavy atom. The number of carboxylic acid groups (broad SMARTS) is 1. The molecule has 1 aliphatic carbocycles. The molecule has 3 unspecified atom stereocenters. The van der Waals surface area contributed by atoms with Crippen LogP contribution < -0.4 is 10.6 Å². The minimum absolute atomic E-state index is 0.0733. The Bertz CT molecular complexity index is 1020. The molecule has 33 heavy (non-hydrogen) atoms. The largest absolute Gasteiger partial charge is 0.481 e. The number of rotatable bonds is 7. The van der Waals surface area contributed by atoms with Gasteiger partial charge in [0.15, 0.2) is 0 Å². The number of amides is 2. The Morgan fingerprint density at radius 3 is 2.27 bits per heavy atom. The van der Waals surface area contributed by atoms with Crippen LogP contribution in [0.5, 0.6) is 0 Å². The Kier molecular flexibility index (Phi) is 6.37. The summed E-state index contributed by atoms with van der Waals surface area (Å²) in [5, 5.41) is 14.5. The minimum atomic E-state index is -1.26. The van der Waals surface area contributed by atoms with Gasteiger partial charge in [-0.3, -0.25) is 9.59 Å². The molecule has 1 fully saturated rings. The van der Waals surface area contributed by atoms with E-state index in [-0.39, 0.29) is 18.6 Å². The van der Waals surface area contributed by atoms with E-state index in [9.17, 15) is 19.5 Å². The number of nitrogens with one attached hydrogen (secondary N) is 2. The van der Waals surface area contributed by atoms with Crippen LogP contribution in [-0.2, 0) is 19.1 Å². The summed E-state index contributed by atoms with van der Waals surface area (Å²) >= 11 is 0. The zero-order valence-corrected chi connectivity index (χ0v) is 18.7. The second-order valence-corrected chi connectivity index (χ2v) is 8.79. The highest BCUT2D eigenvalue weighted by molar-refractivity contribution is 5.89. The molecule has 3 N–H and O–H groups in total. The summed E-state index contributed by atoms with van der Waals surface area (Å²) in [4.78, 5) is 36.7. The number of aliphatic carboxylic acids is 1. The Hall–Kier alpha value is -3.39. The number of ether oxygens (including phenoxy) is 2.